The Labute approximate surface area is 166 Å². The molecule has 1 saturated carbocycles. The average Bonchev–Trinajstić information content (AvgIpc) is 2.62. The van der Waals surface area contributed by atoms with Crippen molar-refractivity contribution < 1.29 is 18.0 Å². The van der Waals surface area contributed by atoms with E-state index in [2.05, 4.69) is 15.3 Å². The van der Waals surface area contributed by atoms with Crippen LogP contribution in [0.3, 0.4) is 0 Å². The van der Waals surface area contributed by atoms with Gasteiger partial charge >= 0.3 is 6.18 Å². The van der Waals surface area contributed by atoms with E-state index in [4.69, 9.17) is 0 Å². The average molecular weight is 409 g/mol. The van der Waals surface area contributed by atoms with Gasteiger partial charge in [-0.15, -0.1) is 0 Å². The molecule has 3 rings (SSSR count). The number of hydrogen-bond acceptors (Lipinski definition) is 4. The summed E-state index contributed by atoms with van der Waals surface area (Å²) in [4.78, 5) is 22.1. The molecule has 2 unspecified atom stereocenters. The first-order valence-corrected chi connectivity index (χ1v) is 10.0. The molecule has 1 amide bonds. The number of rotatable bonds is 4. The van der Waals surface area contributed by atoms with Crippen LogP contribution in [0, 0.1) is 25.7 Å². The van der Waals surface area contributed by atoms with E-state index in [1.54, 1.807) is 24.3 Å². The lowest BCUT2D eigenvalue weighted by molar-refractivity contribution is -0.197. The summed E-state index contributed by atoms with van der Waals surface area (Å²) in [6.07, 6.45) is -2.88. The molecular weight excluding hydrogens is 387 g/mol. The largest absolute Gasteiger partial charge is 0.392 e. The molecule has 1 aliphatic carbocycles. The van der Waals surface area contributed by atoms with Gasteiger partial charge in [0.1, 0.15) is 0 Å². The second-order valence-corrected chi connectivity index (χ2v) is 8.13. The Bertz CT molecular complexity index is 819. The first-order valence-electron chi connectivity index (χ1n) is 9.20. The van der Waals surface area contributed by atoms with Gasteiger partial charge in [0.15, 0.2) is 5.16 Å². The standard InChI is InChI=1S/C20H22F3N3OS/c1-12-11-13(2)25-19(24-12)28-15-9-7-14(8-10-15)26-18(27)16-5-3-4-6-17(16)20(21,22)23/h7-11,16-17H,3-6H2,1-2H3,(H,26,27). The van der Waals surface area contributed by atoms with Crippen LogP contribution >= 0.6 is 11.8 Å². The number of nitrogens with zero attached hydrogens (tertiary/aromatic N) is 2. The fourth-order valence-electron chi connectivity index (χ4n) is 3.52. The number of aromatic nitrogens is 2. The zero-order valence-electron chi connectivity index (χ0n) is 15.7. The molecule has 1 fully saturated rings. The highest BCUT2D eigenvalue weighted by Gasteiger charge is 2.48. The first-order chi connectivity index (χ1) is 13.2. The van der Waals surface area contributed by atoms with Crippen LogP contribution in [-0.2, 0) is 4.79 Å². The van der Waals surface area contributed by atoms with Crippen molar-refractivity contribution >= 4 is 23.4 Å². The SMILES string of the molecule is Cc1cc(C)nc(Sc2ccc(NC(=O)C3CCCCC3C(F)(F)F)cc2)n1. The minimum absolute atomic E-state index is 0.0209. The summed E-state index contributed by atoms with van der Waals surface area (Å²) < 4.78 is 39.6. The van der Waals surface area contributed by atoms with Crippen molar-refractivity contribution in [3.63, 3.8) is 0 Å². The highest BCUT2D eigenvalue weighted by atomic mass is 32.2. The molecule has 1 aromatic heterocycles. The number of benzene rings is 1. The van der Waals surface area contributed by atoms with E-state index in [1.807, 2.05) is 19.9 Å². The van der Waals surface area contributed by atoms with Crippen LogP contribution < -0.4 is 5.32 Å². The Morgan fingerprint density at radius 1 is 1.07 bits per heavy atom. The third kappa shape index (κ3) is 5.25. The van der Waals surface area contributed by atoms with Crippen molar-refractivity contribution in [2.45, 2.75) is 55.8 Å². The monoisotopic (exact) mass is 409 g/mol. The first kappa shape index (κ1) is 20.6. The van der Waals surface area contributed by atoms with E-state index in [9.17, 15) is 18.0 Å². The molecule has 1 heterocycles. The second-order valence-electron chi connectivity index (χ2n) is 7.09. The molecule has 0 saturated heterocycles. The summed E-state index contributed by atoms with van der Waals surface area (Å²) in [5, 5.41) is 3.27. The van der Waals surface area contributed by atoms with E-state index in [-0.39, 0.29) is 12.8 Å². The minimum Gasteiger partial charge on any atom is -0.326 e. The Balaban J connectivity index is 1.65. The lowest BCUT2D eigenvalue weighted by atomic mass is 9.78. The molecule has 0 bridgehead atoms. The number of halogens is 3. The zero-order valence-corrected chi connectivity index (χ0v) is 16.5. The van der Waals surface area contributed by atoms with E-state index in [0.717, 1.165) is 16.3 Å². The predicted molar refractivity (Wildman–Crippen MR) is 102 cm³/mol. The number of carbonyl (C=O) groups excluding carboxylic acids is 1. The molecule has 0 radical (unpaired) electrons. The molecule has 1 N–H and O–H groups in total. The van der Waals surface area contributed by atoms with Crippen molar-refractivity contribution in [3.05, 3.63) is 41.7 Å². The number of anilines is 1. The number of carbonyl (C=O) groups is 1. The number of alkyl halides is 3. The van der Waals surface area contributed by atoms with E-state index < -0.39 is 23.9 Å². The van der Waals surface area contributed by atoms with Gasteiger partial charge in [0.05, 0.1) is 5.92 Å². The smallest absolute Gasteiger partial charge is 0.326 e. The van der Waals surface area contributed by atoms with Crippen molar-refractivity contribution in [3.8, 4) is 0 Å². The van der Waals surface area contributed by atoms with E-state index in [0.29, 0.717) is 23.7 Å². The number of aryl methyl sites for hydroxylation is 2. The summed E-state index contributed by atoms with van der Waals surface area (Å²) in [6, 6.07) is 8.86. The molecule has 1 aliphatic rings. The normalized spacial score (nSPS) is 20.0. The molecule has 8 heteroatoms. The van der Waals surface area contributed by atoms with Crippen molar-refractivity contribution in [2.24, 2.45) is 11.8 Å². The third-order valence-corrected chi connectivity index (χ3v) is 5.69. The summed E-state index contributed by atoms with van der Waals surface area (Å²) in [7, 11) is 0. The van der Waals surface area contributed by atoms with Gasteiger partial charge in [0, 0.05) is 27.9 Å². The lowest BCUT2D eigenvalue weighted by Gasteiger charge is -2.32. The quantitative estimate of drug-likeness (QED) is 0.673. The summed E-state index contributed by atoms with van der Waals surface area (Å²) in [6.45, 7) is 3.80. The zero-order chi connectivity index (χ0) is 20.3. The van der Waals surface area contributed by atoms with E-state index >= 15 is 0 Å². The van der Waals surface area contributed by atoms with Gasteiger partial charge in [-0.2, -0.15) is 13.2 Å². The molecule has 0 spiro atoms. The maximum atomic E-state index is 13.2. The summed E-state index contributed by atoms with van der Waals surface area (Å²) >= 11 is 1.39. The van der Waals surface area contributed by atoms with Crippen molar-refractivity contribution in [1.29, 1.82) is 0 Å². The number of nitrogens with one attached hydrogen (secondary N) is 1. The Morgan fingerprint density at radius 2 is 1.68 bits per heavy atom. The van der Waals surface area contributed by atoms with Crippen LogP contribution in [0.5, 0.6) is 0 Å². The summed E-state index contributed by atoms with van der Waals surface area (Å²) in [5.41, 5.74) is 2.25. The highest BCUT2D eigenvalue weighted by molar-refractivity contribution is 7.99. The molecule has 4 nitrogen and oxygen atoms in total. The lowest BCUT2D eigenvalue weighted by Crippen LogP contribution is -2.39. The molecule has 2 aromatic rings. The molecule has 1 aromatic carbocycles. The third-order valence-electron chi connectivity index (χ3n) is 4.82. The van der Waals surface area contributed by atoms with Crippen molar-refractivity contribution in [2.75, 3.05) is 5.32 Å². The van der Waals surface area contributed by atoms with E-state index in [1.165, 1.54) is 11.8 Å². The maximum Gasteiger partial charge on any atom is 0.392 e. The fraction of sp³-hybridized carbons (Fsp3) is 0.450. The Morgan fingerprint density at radius 3 is 2.29 bits per heavy atom. The van der Waals surface area contributed by atoms with Crippen LogP contribution in [0.1, 0.15) is 37.1 Å². The van der Waals surface area contributed by atoms with Gasteiger partial charge in [0.25, 0.3) is 0 Å². The van der Waals surface area contributed by atoms with Gasteiger partial charge < -0.3 is 5.32 Å². The molecular formula is C20H22F3N3OS. The minimum atomic E-state index is -4.34. The van der Waals surface area contributed by atoms with Crippen LogP contribution in [-0.4, -0.2) is 22.1 Å². The summed E-state index contributed by atoms with van der Waals surface area (Å²) in [5.74, 6) is -3.13. The maximum absolute atomic E-state index is 13.2. The number of hydrogen-bond donors (Lipinski definition) is 1. The van der Waals surface area contributed by atoms with Crippen LogP contribution in [0.2, 0.25) is 0 Å². The predicted octanol–water partition coefficient (Wildman–Crippen LogP) is 5.55. The topological polar surface area (TPSA) is 54.9 Å². The molecule has 150 valence electrons. The van der Waals surface area contributed by atoms with Crippen LogP contribution in [0.25, 0.3) is 0 Å². The second kappa shape index (κ2) is 8.51. The Hall–Kier alpha value is -2.09. The highest BCUT2D eigenvalue weighted by Crippen LogP contribution is 2.42. The van der Waals surface area contributed by atoms with Crippen LogP contribution in [0.15, 0.2) is 40.4 Å². The van der Waals surface area contributed by atoms with Gasteiger partial charge in [-0.1, -0.05) is 12.8 Å². The molecule has 28 heavy (non-hydrogen) atoms. The van der Waals surface area contributed by atoms with Gasteiger partial charge in [-0.3, -0.25) is 4.79 Å². The van der Waals surface area contributed by atoms with Crippen LogP contribution in [0.4, 0.5) is 18.9 Å². The molecule has 0 aliphatic heterocycles. The fourth-order valence-corrected chi connectivity index (χ4v) is 4.38. The van der Waals surface area contributed by atoms with Gasteiger partial charge in [-0.05, 0) is 68.8 Å². The van der Waals surface area contributed by atoms with Gasteiger partial charge in [0.2, 0.25) is 5.91 Å². The van der Waals surface area contributed by atoms with Crippen molar-refractivity contribution in [1.82, 2.24) is 9.97 Å². The van der Waals surface area contributed by atoms with Gasteiger partial charge in [-0.25, -0.2) is 9.97 Å². The Kier molecular flexibility index (Phi) is 6.27. The molecule has 2 atom stereocenters. The number of amides is 1.